The number of carboxylic acid groups (broad SMARTS) is 1. The Morgan fingerprint density at radius 2 is 2.00 bits per heavy atom. The van der Waals surface area contributed by atoms with Crippen molar-refractivity contribution in [2.45, 2.75) is 12.7 Å². The number of hydrogen-bond donors (Lipinski definition) is 2. The number of benzene rings is 1. The number of nitrogens with zero attached hydrogens (tertiary/aromatic N) is 1. The Hall–Kier alpha value is -2.14. The molecule has 1 aromatic carbocycles. The molecule has 23 heavy (non-hydrogen) atoms. The van der Waals surface area contributed by atoms with E-state index in [0.717, 1.165) is 11.6 Å². The smallest absolute Gasteiger partial charge is 0.308 e. The fourth-order valence-electron chi connectivity index (χ4n) is 3.56. The number of carbonyl (C=O) groups is 1. The van der Waals surface area contributed by atoms with E-state index >= 15 is 0 Å². The number of halogens is 1. The highest BCUT2D eigenvalue weighted by molar-refractivity contribution is 5.71. The van der Waals surface area contributed by atoms with Gasteiger partial charge in [0.15, 0.2) is 0 Å². The summed E-state index contributed by atoms with van der Waals surface area (Å²) in [6, 6.07) is 9.85. The first kappa shape index (κ1) is 15.7. The van der Waals surface area contributed by atoms with Gasteiger partial charge in [-0.25, -0.2) is 4.39 Å². The number of alkyl halides is 1. The molecule has 5 heteroatoms. The molecule has 3 unspecified atom stereocenters. The Morgan fingerprint density at radius 1 is 1.26 bits per heavy atom. The molecule has 0 aromatic heterocycles. The number of allylic oxidation sites excluding steroid dienone is 3. The third kappa shape index (κ3) is 3.45. The first-order valence-electron chi connectivity index (χ1n) is 7.76. The predicted molar refractivity (Wildman–Crippen MR) is 84.6 cm³/mol. The molecule has 2 N–H and O–H groups in total. The van der Waals surface area contributed by atoms with E-state index in [9.17, 15) is 19.4 Å². The molecular formula is C18H20FNO3. The maximum atomic E-state index is 14.2. The summed E-state index contributed by atoms with van der Waals surface area (Å²) in [5, 5.41) is 18.9. The number of carboxylic acids is 1. The molecule has 1 saturated heterocycles. The first-order chi connectivity index (χ1) is 11.0. The van der Waals surface area contributed by atoms with Crippen molar-refractivity contribution < 1.29 is 19.4 Å². The monoisotopic (exact) mass is 317 g/mol. The maximum absolute atomic E-state index is 14.2. The molecule has 1 fully saturated rings. The SMILES string of the molecule is O=C(O)C1CN(Cc2ccccc2)C[C@H]1C1C=CC(O)=CC1F. The summed E-state index contributed by atoms with van der Waals surface area (Å²) in [6.07, 6.45) is 2.87. The number of hydrogen-bond acceptors (Lipinski definition) is 3. The van der Waals surface area contributed by atoms with Crippen LogP contribution in [0.1, 0.15) is 5.56 Å². The van der Waals surface area contributed by atoms with E-state index in [4.69, 9.17) is 0 Å². The van der Waals surface area contributed by atoms with Gasteiger partial charge in [-0.05, 0) is 23.6 Å². The summed E-state index contributed by atoms with van der Waals surface area (Å²) in [5.74, 6) is -2.38. The van der Waals surface area contributed by atoms with Gasteiger partial charge >= 0.3 is 5.97 Å². The lowest BCUT2D eigenvalue weighted by Gasteiger charge is -2.27. The summed E-state index contributed by atoms with van der Waals surface area (Å²) in [7, 11) is 0. The number of aliphatic hydroxyl groups is 1. The minimum atomic E-state index is -1.34. The quantitative estimate of drug-likeness (QED) is 0.896. The maximum Gasteiger partial charge on any atom is 0.308 e. The van der Waals surface area contributed by atoms with Crippen LogP contribution >= 0.6 is 0 Å². The van der Waals surface area contributed by atoms with Gasteiger partial charge in [-0.1, -0.05) is 36.4 Å². The normalized spacial score (nSPS) is 31.1. The van der Waals surface area contributed by atoms with E-state index in [0.29, 0.717) is 19.6 Å². The average molecular weight is 317 g/mol. The molecule has 4 atom stereocenters. The highest BCUT2D eigenvalue weighted by Crippen LogP contribution is 2.36. The molecule has 1 aliphatic heterocycles. The molecule has 0 saturated carbocycles. The molecule has 0 spiro atoms. The minimum absolute atomic E-state index is 0.0974. The van der Waals surface area contributed by atoms with Crippen molar-refractivity contribution in [1.29, 1.82) is 0 Å². The Balaban J connectivity index is 1.74. The second-order valence-electron chi connectivity index (χ2n) is 6.26. The average Bonchev–Trinajstić information content (AvgIpc) is 2.92. The lowest BCUT2D eigenvalue weighted by atomic mass is 9.79. The lowest BCUT2D eigenvalue weighted by molar-refractivity contribution is -0.143. The van der Waals surface area contributed by atoms with Gasteiger partial charge in [0.2, 0.25) is 0 Å². The molecule has 1 heterocycles. The fraction of sp³-hybridized carbons (Fsp3) is 0.389. The second-order valence-corrected chi connectivity index (χ2v) is 6.26. The van der Waals surface area contributed by atoms with Gasteiger partial charge < -0.3 is 10.2 Å². The molecular weight excluding hydrogens is 297 g/mol. The second kappa shape index (κ2) is 6.54. The summed E-state index contributed by atoms with van der Waals surface area (Å²) < 4.78 is 14.2. The lowest BCUT2D eigenvalue weighted by Crippen LogP contribution is -2.33. The largest absolute Gasteiger partial charge is 0.508 e. The highest BCUT2D eigenvalue weighted by Gasteiger charge is 2.43. The highest BCUT2D eigenvalue weighted by atomic mass is 19.1. The van der Waals surface area contributed by atoms with Crippen LogP contribution < -0.4 is 0 Å². The summed E-state index contributed by atoms with van der Waals surface area (Å²) >= 11 is 0. The zero-order chi connectivity index (χ0) is 16.4. The van der Waals surface area contributed by atoms with Gasteiger partial charge in [-0.2, -0.15) is 0 Å². The van der Waals surface area contributed by atoms with Crippen molar-refractivity contribution in [3.05, 3.63) is 59.9 Å². The molecule has 1 aromatic rings. The van der Waals surface area contributed by atoms with Crippen LogP contribution in [-0.4, -0.2) is 40.3 Å². The van der Waals surface area contributed by atoms with Crippen LogP contribution in [0.15, 0.2) is 54.3 Å². The van der Waals surface area contributed by atoms with Gasteiger partial charge in [0.05, 0.1) is 5.92 Å². The van der Waals surface area contributed by atoms with E-state index < -0.39 is 24.0 Å². The van der Waals surface area contributed by atoms with Crippen LogP contribution in [-0.2, 0) is 11.3 Å². The minimum Gasteiger partial charge on any atom is -0.508 e. The van der Waals surface area contributed by atoms with Crippen molar-refractivity contribution in [3.63, 3.8) is 0 Å². The van der Waals surface area contributed by atoms with Crippen LogP contribution in [0.25, 0.3) is 0 Å². The van der Waals surface area contributed by atoms with Crippen LogP contribution in [0.4, 0.5) is 4.39 Å². The van der Waals surface area contributed by atoms with Crippen molar-refractivity contribution in [1.82, 2.24) is 4.90 Å². The molecule has 0 radical (unpaired) electrons. The van der Waals surface area contributed by atoms with E-state index in [1.165, 1.54) is 6.08 Å². The van der Waals surface area contributed by atoms with Crippen molar-refractivity contribution in [2.75, 3.05) is 13.1 Å². The third-order valence-electron chi connectivity index (χ3n) is 4.69. The summed E-state index contributed by atoms with van der Waals surface area (Å²) in [6.45, 7) is 1.62. The summed E-state index contributed by atoms with van der Waals surface area (Å²) in [4.78, 5) is 13.7. The van der Waals surface area contributed by atoms with Crippen LogP contribution in [0.3, 0.4) is 0 Å². The molecule has 0 amide bonds. The van der Waals surface area contributed by atoms with Crippen molar-refractivity contribution >= 4 is 5.97 Å². The van der Waals surface area contributed by atoms with Crippen molar-refractivity contribution in [3.8, 4) is 0 Å². The zero-order valence-corrected chi connectivity index (χ0v) is 12.7. The fourth-order valence-corrected chi connectivity index (χ4v) is 3.56. The Labute approximate surface area is 134 Å². The van der Waals surface area contributed by atoms with Crippen LogP contribution in [0, 0.1) is 17.8 Å². The summed E-state index contributed by atoms with van der Waals surface area (Å²) in [5.41, 5.74) is 1.12. The zero-order valence-electron chi connectivity index (χ0n) is 12.7. The van der Waals surface area contributed by atoms with E-state index in [2.05, 4.69) is 4.90 Å². The Bertz CT molecular complexity index is 628. The number of likely N-dealkylation sites (tertiary alicyclic amines) is 1. The molecule has 1 aliphatic carbocycles. The van der Waals surface area contributed by atoms with Gasteiger partial charge in [0, 0.05) is 25.6 Å². The van der Waals surface area contributed by atoms with E-state index in [1.807, 2.05) is 30.3 Å². The van der Waals surface area contributed by atoms with Crippen molar-refractivity contribution in [2.24, 2.45) is 17.8 Å². The molecule has 4 nitrogen and oxygen atoms in total. The Kier molecular flexibility index (Phi) is 4.48. The Morgan fingerprint density at radius 3 is 2.65 bits per heavy atom. The third-order valence-corrected chi connectivity index (χ3v) is 4.69. The van der Waals surface area contributed by atoms with E-state index in [-0.39, 0.29) is 11.7 Å². The van der Waals surface area contributed by atoms with Gasteiger partial charge in [0.25, 0.3) is 0 Å². The van der Waals surface area contributed by atoms with Gasteiger partial charge in [-0.3, -0.25) is 9.69 Å². The van der Waals surface area contributed by atoms with E-state index in [1.54, 1.807) is 6.08 Å². The topological polar surface area (TPSA) is 60.8 Å². The molecule has 0 bridgehead atoms. The molecule has 3 rings (SSSR count). The number of rotatable bonds is 4. The predicted octanol–water partition coefficient (Wildman–Crippen LogP) is 2.79. The van der Waals surface area contributed by atoms with Gasteiger partial charge in [0.1, 0.15) is 11.9 Å². The van der Waals surface area contributed by atoms with Crippen LogP contribution in [0.2, 0.25) is 0 Å². The number of aliphatic hydroxyl groups excluding tert-OH is 1. The first-order valence-corrected chi connectivity index (χ1v) is 7.76. The number of aliphatic carboxylic acids is 1. The van der Waals surface area contributed by atoms with Gasteiger partial charge in [-0.15, -0.1) is 0 Å². The standard InChI is InChI=1S/C18H20FNO3/c19-17-8-13(21)6-7-14(17)15-10-20(11-16(15)18(22)23)9-12-4-2-1-3-5-12/h1-8,14-17,21H,9-11H2,(H,22,23)/t14?,15-,16?,17?/m0/s1. The molecule has 2 aliphatic rings. The van der Waals surface area contributed by atoms with Crippen LogP contribution in [0.5, 0.6) is 0 Å². The molecule has 122 valence electrons.